The third-order valence-electron chi connectivity index (χ3n) is 4.13. The van der Waals surface area contributed by atoms with E-state index in [9.17, 15) is 19.4 Å². The van der Waals surface area contributed by atoms with Crippen molar-refractivity contribution in [1.82, 2.24) is 5.32 Å². The van der Waals surface area contributed by atoms with Gasteiger partial charge in [0.25, 0.3) is 7.82 Å². The molecule has 162 valence electrons. The highest BCUT2D eigenvalue weighted by Gasteiger charge is 2.23. The molecule has 8 nitrogen and oxygen atoms in total. The molecule has 3 unspecified atom stereocenters. The minimum absolute atomic E-state index is 0.00932. The van der Waals surface area contributed by atoms with E-state index < -0.39 is 20.0 Å². The maximum absolute atomic E-state index is 11.9. The number of carbonyl (C=O) groups is 1. The molecule has 0 saturated carbocycles. The van der Waals surface area contributed by atoms with Crippen LogP contribution in [0, 0.1) is 0 Å². The Balaban J connectivity index is 4.37. The zero-order valence-electron chi connectivity index (χ0n) is 17.6. The van der Waals surface area contributed by atoms with Gasteiger partial charge in [-0.05, 0) is 6.42 Å². The van der Waals surface area contributed by atoms with E-state index in [0.29, 0.717) is 17.4 Å². The molecule has 0 spiro atoms. The lowest BCUT2D eigenvalue weighted by Gasteiger charge is -2.29. The standard InChI is InChI=1S/C18H39N2O6P/c1-6-7-8-9-10-11-12-18(22)17(19-16(2)21)15-26-27(23,24)25-14-13-20(3,4)5/h17-18,22H,6-15H2,1-5H3,(H-,19,21,23,24). The third kappa shape index (κ3) is 16.2. The quantitative estimate of drug-likeness (QED) is 0.228. The van der Waals surface area contributed by atoms with Crippen molar-refractivity contribution in [3.05, 3.63) is 0 Å². The van der Waals surface area contributed by atoms with Crippen LogP contribution in [0.1, 0.15) is 58.8 Å². The average Bonchev–Trinajstić information content (AvgIpc) is 2.52. The highest BCUT2D eigenvalue weighted by Crippen LogP contribution is 2.38. The number of unbranched alkanes of at least 4 members (excludes halogenated alkanes) is 5. The maximum Gasteiger partial charge on any atom is 0.268 e. The van der Waals surface area contributed by atoms with E-state index in [-0.39, 0.29) is 19.1 Å². The number of phosphoric ester groups is 1. The van der Waals surface area contributed by atoms with E-state index in [1.165, 1.54) is 26.2 Å². The summed E-state index contributed by atoms with van der Waals surface area (Å²) in [5.74, 6) is -0.350. The maximum atomic E-state index is 11.9. The number of amides is 1. The molecular weight excluding hydrogens is 371 g/mol. The van der Waals surface area contributed by atoms with Crippen molar-refractivity contribution < 1.29 is 32.9 Å². The van der Waals surface area contributed by atoms with E-state index >= 15 is 0 Å². The lowest BCUT2D eigenvalue weighted by atomic mass is 10.0. The molecule has 0 rings (SSSR count). The van der Waals surface area contributed by atoms with Crippen molar-refractivity contribution in [3.63, 3.8) is 0 Å². The van der Waals surface area contributed by atoms with Crippen molar-refractivity contribution in [3.8, 4) is 0 Å². The second kappa shape index (κ2) is 13.6. The van der Waals surface area contributed by atoms with Crippen LogP contribution in [-0.2, 0) is 18.4 Å². The number of hydrogen-bond acceptors (Lipinski definition) is 6. The topological polar surface area (TPSA) is 108 Å². The van der Waals surface area contributed by atoms with Crippen LogP contribution in [-0.4, -0.2) is 68.5 Å². The summed E-state index contributed by atoms with van der Waals surface area (Å²) in [4.78, 5) is 23.2. The average molecular weight is 410 g/mol. The molecule has 3 atom stereocenters. The number of aliphatic hydroxyl groups is 1. The molecule has 0 saturated heterocycles. The van der Waals surface area contributed by atoms with Crippen molar-refractivity contribution in [1.29, 1.82) is 0 Å². The monoisotopic (exact) mass is 410 g/mol. The van der Waals surface area contributed by atoms with Crippen LogP contribution in [0.3, 0.4) is 0 Å². The molecule has 0 bridgehead atoms. The summed E-state index contributed by atoms with van der Waals surface area (Å²) < 4.78 is 22.2. The molecule has 1 amide bonds. The summed E-state index contributed by atoms with van der Waals surface area (Å²) in [7, 11) is 1.28. The second-order valence-electron chi connectivity index (χ2n) is 8.02. The Kier molecular flexibility index (Phi) is 13.4. The predicted octanol–water partition coefficient (Wildman–Crippen LogP) is 1.81. The van der Waals surface area contributed by atoms with Gasteiger partial charge in [0.1, 0.15) is 13.2 Å². The number of nitrogens with one attached hydrogen (secondary N) is 1. The van der Waals surface area contributed by atoms with Gasteiger partial charge in [0, 0.05) is 6.92 Å². The smallest absolute Gasteiger partial charge is 0.268 e. The van der Waals surface area contributed by atoms with Gasteiger partial charge >= 0.3 is 0 Å². The highest BCUT2D eigenvalue weighted by atomic mass is 31.2. The summed E-state index contributed by atoms with van der Waals surface area (Å²) in [5, 5.41) is 12.9. The Bertz CT molecular complexity index is 456. The molecule has 27 heavy (non-hydrogen) atoms. The zero-order chi connectivity index (χ0) is 20.9. The van der Waals surface area contributed by atoms with E-state index in [1.54, 1.807) is 0 Å². The fourth-order valence-corrected chi connectivity index (χ4v) is 3.20. The van der Waals surface area contributed by atoms with E-state index in [0.717, 1.165) is 19.3 Å². The van der Waals surface area contributed by atoms with Crippen LogP contribution in [0.5, 0.6) is 0 Å². The van der Waals surface area contributed by atoms with Gasteiger partial charge < -0.3 is 28.8 Å². The lowest BCUT2D eigenvalue weighted by Crippen LogP contribution is -2.45. The molecule has 0 radical (unpaired) electrons. The fourth-order valence-electron chi connectivity index (χ4n) is 2.48. The minimum atomic E-state index is -4.48. The summed E-state index contributed by atoms with van der Waals surface area (Å²) in [6.45, 7) is 3.64. The van der Waals surface area contributed by atoms with Gasteiger partial charge in [0.15, 0.2) is 0 Å². The highest BCUT2D eigenvalue weighted by molar-refractivity contribution is 7.45. The summed E-state index contributed by atoms with van der Waals surface area (Å²) in [6, 6.07) is -0.789. The Morgan fingerprint density at radius 2 is 1.74 bits per heavy atom. The van der Waals surface area contributed by atoms with Crippen molar-refractivity contribution in [2.75, 3.05) is 40.9 Å². The van der Waals surface area contributed by atoms with Crippen molar-refractivity contribution in [2.45, 2.75) is 70.9 Å². The molecule has 9 heteroatoms. The SMILES string of the molecule is CCCCCCCCC(O)C(COP(=O)([O-])OCC[N+](C)(C)C)NC(C)=O. The third-order valence-corrected chi connectivity index (χ3v) is 5.09. The first-order chi connectivity index (χ1) is 12.5. The summed E-state index contributed by atoms with van der Waals surface area (Å²) in [6.07, 6.45) is 6.09. The van der Waals surface area contributed by atoms with Crippen LogP contribution in [0.2, 0.25) is 0 Å². The largest absolute Gasteiger partial charge is 0.756 e. The van der Waals surface area contributed by atoms with Crippen LogP contribution >= 0.6 is 7.82 Å². The number of quaternary nitrogens is 1. The van der Waals surface area contributed by atoms with Crippen LogP contribution in [0.25, 0.3) is 0 Å². The fraction of sp³-hybridized carbons (Fsp3) is 0.944. The molecule has 0 aromatic rings. The Morgan fingerprint density at radius 1 is 1.15 bits per heavy atom. The molecule has 0 heterocycles. The van der Waals surface area contributed by atoms with Gasteiger partial charge in [0.05, 0.1) is 39.9 Å². The normalized spacial score (nSPS) is 16.6. The molecule has 0 aliphatic carbocycles. The van der Waals surface area contributed by atoms with Gasteiger partial charge in [-0.25, -0.2) is 0 Å². The summed E-state index contributed by atoms with van der Waals surface area (Å²) >= 11 is 0. The van der Waals surface area contributed by atoms with E-state index in [1.807, 2.05) is 21.1 Å². The van der Waals surface area contributed by atoms with E-state index in [4.69, 9.17) is 9.05 Å². The molecule has 0 aromatic heterocycles. The van der Waals surface area contributed by atoms with Gasteiger partial charge in [-0.1, -0.05) is 45.4 Å². The lowest BCUT2D eigenvalue weighted by molar-refractivity contribution is -0.870. The number of aliphatic hydroxyl groups excluding tert-OH is 1. The molecule has 0 aromatic carbocycles. The Morgan fingerprint density at radius 3 is 2.30 bits per heavy atom. The molecular formula is C18H39N2O6P. The Labute approximate surface area is 164 Å². The first-order valence-electron chi connectivity index (χ1n) is 9.82. The van der Waals surface area contributed by atoms with Crippen molar-refractivity contribution in [2.24, 2.45) is 0 Å². The predicted molar refractivity (Wildman–Crippen MR) is 104 cm³/mol. The minimum Gasteiger partial charge on any atom is -0.756 e. The summed E-state index contributed by atoms with van der Waals surface area (Å²) in [5.41, 5.74) is 0. The number of hydrogen-bond donors (Lipinski definition) is 2. The second-order valence-corrected chi connectivity index (χ2v) is 9.43. The van der Waals surface area contributed by atoms with Gasteiger partial charge in [0.2, 0.25) is 5.91 Å². The van der Waals surface area contributed by atoms with Gasteiger partial charge in [-0.15, -0.1) is 0 Å². The molecule has 0 aliphatic rings. The molecule has 2 N–H and O–H groups in total. The Hall–Kier alpha value is -0.500. The number of phosphoric acid groups is 1. The van der Waals surface area contributed by atoms with E-state index in [2.05, 4.69) is 12.2 Å². The van der Waals surface area contributed by atoms with Crippen LogP contribution < -0.4 is 10.2 Å². The first-order valence-corrected chi connectivity index (χ1v) is 11.3. The van der Waals surface area contributed by atoms with Crippen LogP contribution in [0.4, 0.5) is 0 Å². The number of likely N-dealkylation sites (N-methyl/N-ethyl adjacent to an activating group) is 1. The molecule has 0 aliphatic heterocycles. The first kappa shape index (κ1) is 26.5. The van der Waals surface area contributed by atoms with Crippen LogP contribution in [0.15, 0.2) is 0 Å². The zero-order valence-corrected chi connectivity index (χ0v) is 18.5. The number of nitrogens with zero attached hydrogens (tertiary/aromatic N) is 1. The van der Waals surface area contributed by atoms with Gasteiger partial charge in [-0.2, -0.15) is 0 Å². The molecule has 0 fully saturated rings. The number of carbonyl (C=O) groups excluding carboxylic acids is 1. The number of rotatable bonds is 16. The van der Waals surface area contributed by atoms with Gasteiger partial charge in [-0.3, -0.25) is 9.36 Å². The van der Waals surface area contributed by atoms with Crippen molar-refractivity contribution >= 4 is 13.7 Å².